The number of benzene rings is 1. The normalized spacial score (nSPS) is 21.1. The Morgan fingerprint density at radius 3 is 2.44 bits per heavy atom. The molecule has 2 spiro atoms. The lowest BCUT2D eigenvalue weighted by Crippen LogP contribution is -2.57. The predicted molar refractivity (Wildman–Crippen MR) is 151 cm³/mol. The van der Waals surface area contributed by atoms with Crippen LogP contribution in [0, 0.1) is 5.41 Å². The van der Waals surface area contributed by atoms with E-state index in [4.69, 9.17) is 19.4 Å². The van der Waals surface area contributed by atoms with Gasteiger partial charge in [-0.05, 0) is 61.1 Å². The van der Waals surface area contributed by atoms with E-state index in [0.29, 0.717) is 17.7 Å². The molecular formula is C30H35N5O3S. The lowest BCUT2D eigenvalue weighted by molar-refractivity contribution is 0.0259. The average molecular weight is 546 g/mol. The minimum absolute atomic E-state index is 0.0681. The number of piperidine rings is 1. The largest absolute Gasteiger partial charge is 0.486 e. The van der Waals surface area contributed by atoms with E-state index < -0.39 is 0 Å². The van der Waals surface area contributed by atoms with Crippen molar-refractivity contribution in [1.82, 2.24) is 15.0 Å². The van der Waals surface area contributed by atoms with E-state index in [2.05, 4.69) is 46.1 Å². The molecule has 0 atom stereocenters. The molecule has 3 aliphatic heterocycles. The van der Waals surface area contributed by atoms with Gasteiger partial charge in [-0.3, -0.25) is 0 Å². The number of aliphatic hydroxyl groups is 1. The van der Waals surface area contributed by atoms with Gasteiger partial charge in [0.05, 0.1) is 23.2 Å². The van der Waals surface area contributed by atoms with Crippen LogP contribution in [0.25, 0.3) is 0 Å². The summed E-state index contributed by atoms with van der Waals surface area (Å²) in [6.45, 7) is 3.85. The van der Waals surface area contributed by atoms with Crippen LogP contribution in [-0.2, 0) is 24.2 Å². The Hall–Kier alpha value is -2.88. The quantitative estimate of drug-likeness (QED) is 0.517. The average Bonchev–Trinajstić information content (AvgIpc) is 3.34. The van der Waals surface area contributed by atoms with Crippen LogP contribution in [0.3, 0.4) is 0 Å². The van der Waals surface area contributed by atoms with Crippen LogP contribution in [0.15, 0.2) is 52.6 Å². The molecule has 0 amide bonds. The predicted octanol–water partition coefficient (Wildman–Crippen LogP) is 4.28. The summed E-state index contributed by atoms with van der Waals surface area (Å²) in [5, 5.41) is 11.0. The Balaban J connectivity index is 1.07. The van der Waals surface area contributed by atoms with Crippen LogP contribution in [0.2, 0.25) is 0 Å². The fourth-order valence-corrected chi connectivity index (χ4v) is 7.75. The number of fused-ring (bicyclic) bond motifs is 2. The van der Waals surface area contributed by atoms with Crippen molar-refractivity contribution >= 4 is 23.4 Å². The molecule has 1 aromatic carbocycles. The maximum atomic E-state index is 10.2. The summed E-state index contributed by atoms with van der Waals surface area (Å²) in [4.78, 5) is 19.9. The Bertz CT molecular complexity index is 1340. The molecule has 2 saturated heterocycles. The number of hydrogen-bond donors (Lipinski definition) is 1. The molecule has 0 radical (unpaired) electrons. The van der Waals surface area contributed by atoms with Gasteiger partial charge in [-0.2, -0.15) is 0 Å². The van der Waals surface area contributed by atoms with Crippen molar-refractivity contribution in [3.05, 3.63) is 59.5 Å². The van der Waals surface area contributed by atoms with E-state index >= 15 is 0 Å². The summed E-state index contributed by atoms with van der Waals surface area (Å²) in [5.41, 5.74) is 3.95. The molecule has 39 heavy (non-hydrogen) atoms. The number of anilines is 2. The van der Waals surface area contributed by atoms with Crippen LogP contribution < -0.4 is 14.5 Å². The SMILES string of the molecule is CN1c2nccc(Sc3cnc(N4CCC5(CC4)Cc4ccccc4C5)c(CO)n3)c2OCC12CCOCC2. The van der Waals surface area contributed by atoms with Gasteiger partial charge in [-0.15, -0.1) is 0 Å². The second-order valence-electron chi connectivity index (χ2n) is 11.5. The number of rotatable bonds is 4. The van der Waals surface area contributed by atoms with Crippen molar-refractivity contribution < 1.29 is 14.6 Å². The number of likely N-dealkylation sites (N-methyl/N-ethyl adjacent to an activating group) is 1. The monoisotopic (exact) mass is 545 g/mol. The zero-order chi connectivity index (χ0) is 26.5. The second-order valence-corrected chi connectivity index (χ2v) is 12.6. The molecule has 0 saturated carbocycles. The highest BCUT2D eigenvalue weighted by Gasteiger charge is 2.43. The molecular weight excluding hydrogens is 510 g/mol. The van der Waals surface area contributed by atoms with Crippen molar-refractivity contribution in [2.75, 3.05) is 49.8 Å². The highest BCUT2D eigenvalue weighted by molar-refractivity contribution is 7.99. The molecule has 0 bridgehead atoms. The van der Waals surface area contributed by atoms with Gasteiger partial charge < -0.3 is 24.4 Å². The maximum Gasteiger partial charge on any atom is 0.175 e. The highest BCUT2D eigenvalue weighted by Crippen LogP contribution is 2.47. The smallest absolute Gasteiger partial charge is 0.175 e. The third kappa shape index (κ3) is 4.44. The summed E-state index contributed by atoms with van der Waals surface area (Å²) in [6.07, 6.45) is 10.1. The Kier molecular flexibility index (Phi) is 6.40. The van der Waals surface area contributed by atoms with Gasteiger partial charge in [0.15, 0.2) is 17.4 Å². The summed E-state index contributed by atoms with van der Waals surface area (Å²) in [6, 6.07) is 10.9. The minimum atomic E-state index is -0.137. The van der Waals surface area contributed by atoms with Gasteiger partial charge >= 0.3 is 0 Å². The molecule has 1 N–H and O–H groups in total. The highest BCUT2D eigenvalue weighted by atomic mass is 32.2. The van der Waals surface area contributed by atoms with Crippen LogP contribution in [0.4, 0.5) is 11.6 Å². The molecule has 204 valence electrons. The van der Waals surface area contributed by atoms with E-state index in [1.807, 2.05) is 18.5 Å². The molecule has 7 rings (SSSR count). The van der Waals surface area contributed by atoms with Crippen molar-refractivity contribution in [3.63, 3.8) is 0 Å². The van der Waals surface area contributed by atoms with Gasteiger partial charge in [0.2, 0.25) is 0 Å². The fraction of sp³-hybridized carbons (Fsp3) is 0.500. The Morgan fingerprint density at radius 2 is 1.72 bits per heavy atom. The maximum absolute atomic E-state index is 10.2. The molecule has 5 heterocycles. The number of aromatic nitrogens is 3. The first kappa shape index (κ1) is 25.1. The first-order chi connectivity index (χ1) is 19.1. The fourth-order valence-electron chi connectivity index (χ4n) is 6.89. The summed E-state index contributed by atoms with van der Waals surface area (Å²) in [5.74, 6) is 2.45. The van der Waals surface area contributed by atoms with Gasteiger partial charge in [0.1, 0.15) is 17.3 Å². The van der Waals surface area contributed by atoms with Crippen LogP contribution in [0.1, 0.15) is 42.5 Å². The molecule has 0 unspecified atom stereocenters. The second kappa shape index (κ2) is 9.94. The summed E-state index contributed by atoms with van der Waals surface area (Å²) < 4.78 is 12.0. The van der Waals surface area contributed by atoms with Crippen LogP contribution >= 0.6 is 11.8 Å². The first-order valence-electron chi connectivity index (χ1n) is 14.0. The topological polar surface area (TPSA) is 83.8 Å². The molecule has 1 aliphatic carbocycles. The van der Waals surface area contributed by atoms with Gasteiger partial charge in [-0.25, -0.2) is 15.0 Å². The van der Waals surface area contributed by atoms with E-state index in [9.17, 15) is 5.11 Å². The number of hydrogen-bond acceptors (Lipinski definition) is 9. The van der Waals surface area contributed by atoms with E-state index in [1.54, 1.807) is 0 Å². The van der Waals surface area contributed by atoms with E-state index in [-0.39, 0.29) is 12.1 Å². The lowest BCUT2D eigenvalue weighted by Gasteiger charge is -2.48. The molecule has 4 aliphatic rings. The molecule has 2 fully saturated rings. The number of pyridine rings is 1. The van der Waals surface area contributed by atoms with Crippen LogP contribution in [0.5, 0.6) is 5.75 Å². The zero-order valence-corrected chi connectivity index (χ0v) is 23.3. The Labute approximate surface area is 233 Å². The van der Waals surface area contributed by atoms with Gasteiger partial charge in [0, 0.05) is 39.5 Å². The number of aliphatic hydroxyl groups excluding tert-OH is 1. The van der Waals surface area contributed by atoms with Crippen molar-refractivity contribution in [2.45, 2.75) is 60.6 Å². The zero-order valence-electron chi connectivity index (χ0n) is 22.4. The summed E-state index contributed by atoms with van der Waals surface area (Å²) in [7, 11) is 2.11. The number of nitrogens with zero attached hydrogens (tertiary/aromatic N) is 5. The third-order valence-corrected chi connectivity index (χ3v) is 10.3. The molecule has 9 heteroatoms. The van der Waals surface area contributed by atoms with Gasteiger partial charge in [-0.1, -0.05) is 36.0 Å². The van der Waals surface area contributed by atoms with Crippen molar-refractivity contribution in [2.24, 2.45) is 5.41 Å². The van der Waals surface area contributed by atoms with Crippen molar-refractivity contribution in [1.29, 1.82) is 0 Å². The van der Waals surface area contributed by atoms with E-state index in [0.717, 1.165) is 79.3 Å². The van der Waals surface area contributed by atoms with Gasteiger partial charge in [0.25, 0.3) is 0 Å². The first-order valence-corrected chi connectivity index (χ1v) is 14.8. The number of ether oxygens (including phenoxy) is 2. The summed E-state index contributed by atoms with van der Waals surface area (Å²) >= 11 is 1.51. The minimum Gasteiger partial charge on any atom is -0.486 e. The molecule has 3 aromatic rings. The molecule has 8 nitrogen and oxygen atoms in total. The van der Waals surface area contributed by atoms with Crippen LogP contribution in [-0.4, -0.2) is 65.6 Å². The lowest BCUT2D eigenvalue weighted by atomic mass is 9.76. The Morgan fingerprint density at radius 1 is 0.974 bits per heavy atom. The van der Waals surface area contributed by atoms with E-state index in [1.165, 1.54) is 35.7 Å². The third-order valence-electron chi connectivity index (χ3n) is 9.33. The standard InChI is InChI=1S/C30H35N5O3S/c1-34-28-26(38-20-30(34)9-14-37-15-10-30)24(6-11-31-28)39-25-18-32-27(23(19-36)33-25)35-12-7-29(8-13-35)16-21-4-2-3-5-22(21)17-29/h2-6,11,18,36H,7-10,12-17,19-20H2,1H3. The van der Waals surface area contributed by atoms with Crippen molar-refractivity contribution in [3.8, 4) is 5.75 Å². The molecule has 2 aromatic heterocycles.